The van der Waals surface area contributed by atoms with Gasteiger partial charge in [-0.25, -0.2) is 4.98 Å². The molecule has 0 bridgehead atoms. The maximum Gasteiger partial charge on any atom is 0.254 e. The number of rotatable bonds is 7. The van der Waals surface area contributed by atoms with Gasteiger partial charge in [0.2, 0.25) is 11.8 Å². The van der Waals surface area contributed by atoms with Gasteiger partial charge in [0.15, 0.2) is 0 Å². The maximum atomic E-state index is 12.1. The zero-order chi connectivity index (χ0) is 23.2. The molecule has 0 saturated carbocycles. The summed E-state index contributed by atoms with van der Waals surface area (Å²) < 4.78 is 11.6. The molecule has 4 rings (SSSR count). The quantitative estimate of drug-likeness (QED) is 0.536. The molecule has 0 radical (unpaired) electrons. The third-order valence-electron chi connectivity index (χ3n) is 5.53. The normalized spacial score (nSPS) is 15.5. The molecule has 1 aromatic heterocycles. The first-order valence-electron chi connectivity index (χ1n) is 10.8. The third-order valence-corrected chi connectivity index (χ3v) is 5.53. The lowest BCUT2D eigenvalue weighted by molar-refractivity contribution is -0.127. The maximum absolute atomic E-state index is 12.1. The summed E-state index contributed by atoms with van der Waals surface area (Å²) in [6, 6.07) is 18.2. The van der Waals surface area contributed by atoms with Gasteiger partial charge in [-0.15, -0.1) is 0 Å². The summed E-state index contributed by atoms with van der Waals surface area (Å²) in [6.45, 7) is 4.81. The van der Waals surface area contributed by atoms with E-state index in [9.17, 15) is 9.59 Å². The van der Waals surface area contributed by atoms with Gasteiger partial charge in [0.1, 0.15) is 22.8 Å². The molecule has 0 aliphatic carbocycles. The van der Waals surface area contributed by atoms with Gasteiger partial charge in [-0.2, -0.15) is 0 Å². The molecule has 1 aliphatic heterocycles. The van der Waals surface area contributed by atoms with E-state index in [1.807, 2.05) is 30.3 Å². The van der Waals surface area contributed by atoms with E-state index in [1.54, 1.807) is 41.4 Å². The summed E-state index contributed by atoms with van der Waals surface area (Å²) in [5.74, 6) is 1.37. The van der Waals surface area contributed by atoms with Crippen LogP contribution in [0.25, 0.3) is 0 Å². The third kappa shape index (κ3) is 5.38. The minimum absolute atomic E-state index is 0.0664. The van der Waals surface area contributed by atoms with Gasteiger partial charge in [-0.05, 0) is 66.9 Å². The standard InChI is InChI=1S/C26H25N3O4/c1-2-24(30)29-14-6-7-18(17-29)19-15-23(25(27)31)26(28-16-19)33-22-12-10-21(11-13-22)32-20-8-4-3-5-9-20/h2-5,8-13,15-16,18H,1,6-7,14,17H2,(H2,27,31)/t18-/m1/s1. The Morgan fingerprint density at radius 3 is 2.36 bits per heavy atom. The molecule has 2 amide bonds. The van der Waals surface area contributed by atoms with Crippen molar-refractivity contribution in [2.24, 2.45) is 5.73 Å². The molecule has 2 N–H and O–H groups in total. The lowest BCUT2D eigenvalue weighted by Gasteiger charge is -2.32. The van der Waals surface area contributed by atoms with Crippen LogP contribution in [0.2, 0.25) is 0 Å². The number of amides is 2. The Morgan fingerprint density at radius 1 is 1.03 bits per heavy atom. The number of primary amides is 1. The minimum Gasteiger partial charge on any atom is -0.457 e. The van der Waals surface area contributed by atoms with Gasteiger partial charge in [-0.1, -0.05) is 24.8 Å². The number of ether oxygens (including phenoxy) is 2. The zero-order valence-corrected chi connectivity index (χ0v) is 18.1. The molecule has 2 aromatic carbocycles. The number of carbonyl (C=O) groups excluding carboxylic acids is 2. The Kier molecular flexibility index (Phi) is 6.69. The van der Waals surface area contributed by atoms with E-state index >= 15 is 0 Å². The molecule has 168 valence electrons. The fraction of sp³-hybridized carbons (Fsp3) is 0.192. The van der Waals surface area contributed by atoms with Crippen molar-refractivity contribution in [3.63, 3.8) is 0 Å². The van der Waals surface area contributed by atoms with Crippen molar-refractivity contribution in [1.82, 2.24) is 9.88 Å². The molecule has 2 heterocycles. The van der Waals surface area contributed by atoms with E-state index < -0.39 is 5.91 Å². The molecular weight excluding hydrogens is 418 g/mol. The van der Waals surface area contributed by atoms with E-state index in [1.165, 1.54) is 6.08 Å². The van der Waals surface area contributed by atoms with Crippen molar-refractivity contribution in [2.75, 3.05) is 13.1 Å². The van der Waals surface area contributed by atoms with Crippen molar-refractivity contribution >= 4 is 11.8 Å². The summed E-state index contributed by atoms with van der Waals surface area (Å²) in [5.41, 5.74) is 6.67. The fourth-order valence-corrected chi connectivity index (χ4v) is 3.84. The van der Waals surface area contributed by atoms with E-state index in [0.29, 0.717) is 24.6 Å². The van der Waals surface area contributed by atoms with Crippen molar-refractivity contribution in [3.8, 4) is 23.1 Å². The monoisotopic (exact) mass is 443 g/mol. The second-order valence-electron chi connectivity index (χ2n) is 7.80. The van der Waals surface area contributed by atoms with Crippen LogP contribution in [0, 0.1) is 0 Å². The first-order chi connectivity index (χ1) is 16.0. The first-order valence-corrected chi connectivity index (χ1v) is 10.8. The Labute approximate surface area is 192 Å². The molecule has 7 heteroatoms. The van der Waals surface area contributed by atoms with E-state index in [2.05, 4.69) is 11.6 Å². The highest BCUT2D eigenvalue weighted by molar-refractivity contribution is 5.95. The topological polar surface area (TPSA) is 94.8 Å². The number of hydrogen-bond donors (Lipinski definition) is 1. The molecule has 7 nitrogen and oxygen atoms in total. The smallest absolute Gasteiger partial charge is 0.254 e. The minimum atomic E-state index is -0.627. The summed E-state index contributed by atoms with van der Waals surface area (Å²) in [5, 5.41) is 0. The summed E-state index contributed by atoms with van der Waals surface area (Å²) in [4.78, 5) is 30.3. The molecule has 0 spiro atoms. The van der Waals surface area contributed by atoms with Crippen LogP contribution in [0.1, 0.15) is 34.7 Å². The van der Waals surface area contributed by atoms with Gasteiger partial charge in [0, 0.05) is 25.2 Å². The van der Waals surface area contributed by atoms with E-state index in [-0.39, 0.29) is 23.3 Å². The first kappa shape index (κ1) is 22.1. The molecule has 1 aliphatic rings. The summed E-state index contributed by atoms with van der Waals surface area (Å²) in [7, 11) is 0. The number of para-hydroxylation sites is 1. The lowest BCUT2D eigenvalue weighted by Crippen LogP contribution is -2.38. The SMILES string of the molecule is C=CC(=O)N1CCC[C@@H](c2cnc(Oc3ccc(Oc4ccccc4)cc3)c(C(N)=O)c2)C1. The molecular formula is C26H25N3O4. The molecule has 1 atom stereocenters. The van der Waals surface area contributed by atoms with Crippen molar-refractivity contribution in [3.05, 3.63) is 90.6 Å². The predicted octanol–water partition coefficient (Wildman–Crippen LogP) is 4.66. The van der Waals surface area contributed by atoms with Crippen molar-refractivity contribution < 1.29 is 19.1 Å². The Bertz CT molecular complexity index is 1150. The van der Waals surface area contributed by atoms with Crippen LogP contribution in [0.4, 0.5) is 0 Å². The van der Waals surface area contributed by atoms with Gasteiger partial charge in [0.05, 0.1) is 0 Å². The lowest BCUT2D eigenvalue weighted by atomic mass is 9.91. The highest BCUT2D eigenvalue weighted by Crippen LogP contribution is 2.31. The summed E-state index contributed by atoms with van der Waals surface area (Å²) >= 11 is 0. The Balaban J connectivity index is 1.49. The highest BCUT2D eigenvalue weighted by Gasteiger charge is 2.25. The van der Waals surface area contributed by atoms with Crippen molar-refractivity contribution in [2.45, 2.75) is 18.8 Å². The number of aromatic nitrogens is 1. The summed E-state index contributed by atoms with van der Waals surface area (Å²) in [6.07, 6.45) is 4.76. The largest absolute Gasteiger partial charge is 0.457 e. The molecule has 1 saturated heterocycles. The average molecular weight is 444 g/mol. The number of nitrogens with two attached hydrogens (primary N) is 1. The Hall–Kier alpha value is -4.13. The molecule has 1 fully saturated rings. The number of hydrogen-bond acceptors (Lipinski definition) is 5. The molecule has 3 aromatic rings. The number of pyridine rings is 1. The molecule has 0 unspecified atom stereocenters. The Morgan fingerprint density at radius 2 is 1.70 bits per heavy atom. The molecule has 33 heavy (non-hydrogen) atoms. The van der Waals surface area contributed by atoms with Gasteiger partial charge >= 0.3 is 0 Å². The van der Waals surface area contributed by atoms with Gasteiger partial charge in [0.25, 0.3) is 5.91 Å². The van der Waals surface area contributed by atoms with Crippen LogP contribution in [-0.2, 0) is 4.79 Å². The van der Waals surface area contributed by atoms with E-state index in [4.69, 9.17) is 15.2 Å². The average Bonchev–Trinajstić information content (AvgIpc) is 2.85. The van der Waals surface area contributed by atoms with E-state index in [0.717, 1.165) is 24.2 Å². The number of nitrogens with zero attached hydrogens (tertiary/aromatic N) is 2. The van der Waals surface area contributed by atoms with Crippen LogP contribution in [-0.4, -0.2) is 34.8 Å². The number of benzene rings is 2. The van der Waals surface area contributed by atoms with Crippen LogP contribution >= 0.6 is 0 Å². The zero-order valence-electron chi connectivity index (χ0n) is 18.1. The second kappa shape index (κ2) is 9.99. The highest BCUT2D eigenvalue weighted by atomic mass is 16.5. The number of carbonyl (C=O) groups is 2. The van der Waals surface area contributed by atoms with Gasteiger partial charge in [-0.3, -0.25) is 9.59 Å². The predicted molar refractivity (Wildman–Crippen MR) is 125 cm³/mol. The fourth-order valence-electron chi connectivity index (χ4n) is 3.84. The van der Waals surface area contributed by atoms with Gasteiger partial charge < -0.3 is 20.1 Å². The van der Waals surface area contributed by atoms with Crippen LogP contribution in [0.3, 0.4) is 0 Å². The van der Waals surface area contributed by atoms with Crippen molar-refractivity contribution in [1.29, 1.82) is 0 Å². The van der Waals surface area contributed by atoms with Crippen LogP contribution in [0.5, 0.6) is 23.1 Å². The second-order valence-corrected chi connectivity index (χ2v) is 7.80. The van der Waals surface area contributed by atoms with Crippen LogP contribution in [0.15, 0.2) is 79.5 Å². The number of piperidine rings is 1. The number of likely N-dealkylation sites (tertiary alicyclic amines) is 1. The van der Waals surface area contributed by atoms with Crippen LogP contribution < -0.4 is 15.2 Å².